The first kappa shape index (κ1) is 14.5. The molecule has 0 aliphatic rings. The number of hydrogen-bond acceptors (Lipinski definition) is 2. The van der Waals surface area contributed by atoms with Gasteiger partial charge >= 0.3 is 0 Å². The van der Waals surface area contributed by atoms with Crippen molar-refractivity contribution < 1.29 is 17.2 Å². The predicted molar refractivity (Wildman–Crippen MR) is 64.6 cm³/mol. The summed E-state index contributed by atoms with van der Waals surface area (Å²) >= 11 is 3.26. The average Bonchev–Trinajstić information content (AvgIpc) is 2.20. The molecule has 17 heavy (non-hydrogen) atoms. The zero-order valence-electron chi connectivity index (χ0n) is 9.08. The molecule has 0 saturated heterocycles. The fourth-order valence-corrected chi connectivity index (χ4v) is 2.52. The van der Waals surface area contributed by atoms with Gasteiger partial charge in [0.2, 0.25) is 10.0 Å². The van der Waals surface area contributed by atoms with Crippen LogP contribution >= 0.6 is 15.9 Å². The van der Waals surface area contributed by atoms with Gasteiger partial charge in [0.05, 0.1) is 0 Å². The Morgan fingerprint density at radius 2 is 2.06 bits per heavy atom. The van der Waals surface area contributed by atoms with Crippen LogP contribution in [0.5, 0.6) is 0 Å². The van der Waals surface area contributed by atoms with E-state index in [0.717, 1.165) is 12.1 Å². The third kappa shape index (κ3) is 4.33. The van der Waals surface area contributed by atoms with E-state index >= 15 is 0 Å². The summed E-state index contributed by atoms with van der Waals surface area (Å²) in [5, 5.41) is 0. The van der Waals surface area contributed by atoms with Gasteiger partial charge in [-0.1, -0.05) is 22.9 Å². The Hall–Kier alpha value is -0.530. The van der Waals surface area contributed by atoms with E-state index in [2.05, 4.69) is 20.7 Å². The van der Waals surface area contributed by atoms with Crippen molar-refractivity contribution in [2.45, 2.75) is 23.1 Å². The fourth-order valence-electron chi connectivity index (χ4n) is 1.15. The second-order valence-electron chi connectivity index (χ2n) is 3.54. The van der Waals surface area contributed by atoms with Crippen molar-refractivity contribution in [3.8, 4) is 0 Å². The molecule has 0 saturated carbocycles. The lowest BCUT2D eigenvalue weighted by Crippen LogP contribution is -2.26. The first-order chi connectivity index (χ1) is 7.83. The molecule has 1 rings (SSSR count). The third-order valence-corrected chi connectivity index (χ3v) is 3.95. The highest BCUT2D eigenvalue weighted by atomic mass is 79.9. The van der Waals surface area contributed by atoms with E-state index in [4.69, 9.17) is 0 Å². The van der Waals surface area contributed by atoms with Gasteiger partial charge in [0.25, 0.3) is 0 Å². The summed E-state index contributed by atoms with van der Waals surface area (Å²) < 4.78 is 51.6. The van der Waals surface area contributed by atoms with E-state index in [1.165, 1.54) is 0 Å². The van der Waals surface area contributed by atoms with Crippen molar-refractivity contribution in [1.29, 1.82) is 0 Å². The van der Waals surface area contributed by atoms with E-state index in [0.29, 0.717) is 12.5 Å². The van der Waals surface area contributed by atoms with Gasteiger partial charge in [-0.15, -0.1) is 0 Å². The summed E-state index contributed by atoms with van der Waals surface area (Å²) in [6.45, 7) is 2.02. The highest BCUT2D eigenvalue weighted by molar-refractivity contribution is 9.09. The Balaban J connectivity index is 2.86. The average molecular weight is 328 g/mol. The molecule has 0 bridgehead atoms. The Morgan fingerprint density at radius 3 is 2.65 bits per heavy atom. The molecule has 0 heterocycles. The van der Waals surface area contributed by atoms with E-state index < -0.39 is 26.6 Å². The lowest BCUT2D eigenvalue weighted by Gasteiger charge is -2.08. The number of alkyl halides is 1. The first-order valence-electron chi connectivity index (χ1n) is 4.91. The molecule has 3 nitrogen and oxygen atoms in total. The molecule has 0 fully saturated rings. The second-order valence-corrected chi connectivity index (χ2v) is 6.84. The minimum atomic E-state index is -3.99. The molecule has 1 N–H and O–H groups in total. The van der Waals surface area contributed by atoms with Crippen LogP contribution in [-0.2, 0) is 10.0 Å². The maximum absolute atomic E-state index is 13.3. The van der Waals surface area contributed by atoms with Crippen molar-refractivity contribution in [1.82, 2.24) is 4.72 Å². The summed E-state index contributed by atoms with van der Waals surface area (Å²) in [6.07, 6.45) is 0.552. The molecule has 1 atom stereocenters. The van der Waals surface area contributed by atoms with Crippen LogP contribution in [0.3, 0.4) is 0 Å². The first-order valence-corrected chi connectivity index (χ1v) is 7.31. The molecule has 7 heteroatoms. The number of rotatable bonds is 5. The molecule has 0 spiro atoms. The highest BCUT2D eigenvalue weighted by Crippen LogP contribution is 2.15. The number of halogens is 3. The van der Waals surface area contributed by atoms with Gasteiger partial charge in [-0.25, -0.2) is 21.9 Å². The van der Waals surface area contributed by atoms with Crippen LogP contribution in [0.1, 0.15) is 13.3 Å². The Morgan fingerprint density at radius 1 is 1.41 bits per heavy atom. The van der Waals surface area contributed by atoms with E-state index in [1.54, 1.807) is 0 Å². The lowest BCUT2D eigenvalue weighted by atomic mass is 10.3. The lowest BCUT2D eigenvalue weighted by molar-refractivity contribution is 0.545. The van der Waals surface area contributed by atoms with Crippen LogP contribution in [0.2, 0.25) is 0 Å². The van der Waals surface area contributed by atoms with Crippen LogP contribution in [0.15, 0.2) is 23.1 Å². The van der Waals surface area contributed by atoms with Gasteiger partial charge in [0.1, 0.15) is 16.5 Å². The van der Waals surface area contributed by atoms with Gasteiger partial charge in [-0.05, 0) is 24.6 Å². The Labute approximate surface area is 107 Å². The van der Waals surface area contributed by atoms with E-state index in [-0.39, 0.29) is 11.4 Å². The molecule has 0 radical (unpaired) electrons. The molecule has 0 aliphatic heterocycles. The van der Waals surface area contributed by atoms with Gasteiger partial charge in [-0.2, -0.15) is 0 Å². The van der Waals surface area contributed by atoms with Crippen molar-refractivity contribution in [2.24, 2.45) is 0 Å². The summed E-state index contributed by atoms with van der Waals surface area (Å²) in [6, 6.07) is 2.32. The Kier molecular flexibility index (Phi) is 5.03. The smallest absolute Gasteiger partial charge is 0.211 e. The number of sulfonamides is 1. The highest BCUT2D eigenvalue weighted by Gasteiger charge is 2.19. The van der Waals surface area contributed by atoms with Crippen LogP contribution in [-0.4, -0.2) is 19.8 Å². The third-order valence-electron chi connectivity index (χ3n) is 2.02. The molecular weight excluding hydrogens is 316 g/mol. The molecule has 1 unspecified atom stereocenters. The van der Waals surface area contributed by atoms with Crippen LogP contribution < -0.4 is 4.72 Å². The molecule has 96 valence electrons. The summed E-state index contributed by atoms with van der Waals surface area (Å²) in [7, 11) is -3.99. The predicted octanol–water partition coefficient (Wildman–Crippen LogP) is 2.42. The fraction of sp³-hybridized carbons (Fsp3) is 0.400. The zero-order chi connectivity index (χ0) is 13.1. The standard InChI is InChI=1S/C10H12BrF2NO2S/c1-7(11)4-5-14-17(15,16)10-6-8(12)2-3-9(10)13/h2-3,6-7,14H,4-5H2,1H3. The monoisotopic (exact) mass is 327 g/mol. The van der Waals surface area contributed by atoms with Crippen molar-refractivity contribution in [2.75, 3.05) is 6.54 Å². The van der Waals surface area contributed by atoms with Crippen LogP contribution in [0.4, 0.5) is 8.78 Å². The van der Waals surface area contributed by atoms with Gasteiger partial charge in [0.15, 0.2) is 0 Å². The molecule has 0 aliphatic carbocycles. The van der Waals surface area contributed by atoms with Crippen molar-refractivity contribution in [3.05, 3.63) is 29.8 Å². The van der Waals surface area contributed by atoms with Gasteiger partial charge < -0.3 is 0 Å². The van der Waals surface area contributed by atoms with Gasteiger partial charge in [0, 0.05) is 11.4 Å². The Bertz CT molecular complexity index is 491. The molecular formula is C10H12BrF2NO2S. The molecule has 1 aromatic rings. The summed E-state index contributed by atoms with van der Waals surface area (Å²) in [5.74, 6) is -1.76. The SMILES string of the molecule is CC(Br)CCNS(=O)(=O)c1cc(F)ccc1F. The quantitative estimate of drug-likeness (QED) is 0.844. The summed E-state index contributed by atoms with van der Waals surface area (Å²) in [4.78, 5) is -0.526. The maximum Gasteiger partial charge on any atom is 0.243 e. The minimum absolute atomic E-state index is 0.141. The van der Waals surface area contributed by atoms with Crippen LogP contribution in [0, 0.1) is 11.6 Å². The molecule has 0 aromatic heterocycles. The molecule has 0 amide bonds. The normalized spacial score (nSPS) is 13.6. The number of hydrogen-bond donors (Lipinski definition) is 1. The second kappa shape index (κ2) is 5.88. The van der Waals surface area contributed by atoms with Gasteiger partial charge in [-0.3, -0.25) is 0 Å². The zero-order valence-corrected chi connectivity index (χ0v) is 11.5. The number of benzene rings is 1. The van der Waals surface area contributed by atoms with Crippen molar-refractivity contribution >= 4 is 26.0 Å². The van der Waals surface area contributed by atoms with E-state index in [1.807, 2.05) is 6.92 Å². The molecule has 1 aromatic carbocycles. The van der Waals surface area contributed by atoms with Crippen LogP contribution in [0.25, 0.3) is 0 Å². The largest absolute Gasteiger partial charge is 0.243 e. The maximum atomic E-state index is 13.3. The number of nitrogens with one attached hydrogen (secondary N) is 1. The summed E-state index contributed by atoms with van der Waals surface area (Å²) in [5.41, 5.74) is 0. The minimum Gasteiger partial charge on any atom is -0.211 e. The van der Waals surface area contributed by atoms with Crippen molar-refractivity contribution in [3.63, 3.8) is 0 Å². The van der Waals surface area contributed by atoms with E-state index in [9.17, 15) is 17.2 Å². The topological polar surface area (TPSA) is 46.2 Å².